The van der Waals surface area contributed by atoms with Gasteiger partial charge in [-0.3, -0.25) is 4.79 Å². The van der Waals surface area contributed by atoms with Crippen LogP contribution in [0.4, 0.5) is 5.69 Å². The van der Waals surface area contributed by atoms with Crippen LogP contribution in [0.2, 0.25) is 0 Å². The number of para-hydroxylation sites is 1. The van der Waals surface area contributed by atoms with E-state index in [1.807, 2.05) is 78.9 Å². The average Bonchev–Trinajstić information content (AvgIpc) is 2.77. The molecule has 1 fully saturated rings. The van der Waals surface area contributed by atoms with Crippen LogP contribution in [-0.2, 0) is 11.3 Å². The highest BCUT2D eigenvalue weighted by Crippen LogP contribution is 2.22. The van der Waals surface area contributed by atoms with E-state index in [0.29, 0.717) is 5.56 Å². The molecule has 0 radical (unpaired) electrons. The number of hydrogen-bond donors (Lipinski definition) is 2. The number of amides is 1. The average molecular weight is 389 g/mol. The first-order valence-electron chi connectivity index (χ1n) is 9.91. The third kappa shape index (κ3) is 5.44. The molecule has 0 aliphatic carbocycles. The van der Waals surface area contributed by atoms with Gasteiger partial charge in [0, 0.05) is 16.8 Å². The van der Waals surface area contributed by atoms with Crippen molar-refractivity contribution in [3.63, 3.8) is 0 Å². The number of morpholine rings is 1. The van der Waals surface area contributed by atoms with Crippen molar-refractivity contribution in [1.29, 1.82) is 0 Å². The van der Waals surface area contributed by atoms with E-state index in [1.54, 1.807) is 0 Å². The molecule has 0 unspecified atom stereocenters. The van der Waals surface area contributed by atoms with E-state index in [-0.39, 0.29) is 5.91 Å². The van der Waals surface area contributed by atoms with Crippen molar-refractivity contribution in [3.8, 4) is 11.5 Å². The largest absolute Gasteiger partial charge is 0.457 e. The number of nitrogens with one attached hydrogen (secondary N) is 2. The van der Waals surface area contributed by atoms with E-state index in [1.165, 1.54) is 10.5 Å². The smallest absolute Gasteiger partial charge is 0.255 e. The summed E-state index contributed by atoms with van der Waals surface area (Å²) in [4.78, 5) is 14.0. The lowest BCUT2D eigenvalue weighted by atomic mass is 10.1. The molecule has 4 rings (SSSR count). The lowest BCUT2D eigenvalue weighted by molar-refractivity contribution is -0.921. The maximum absolute atomic E-state index is 12.5. The number of ether oxygens (including phenoxy) is 2. The van der Waals surface area contributed by atoms with Gasteiger partial charge in [0.2, 0.25) is 0 Å². The summed E-state index contributed by atoms with van der Waals surface area (Å²) in [6, 6.07) is 24.8. The second-order valence-electron chi connectivity index (χ2n) is 7.13. The Labute approximate surface area is 170 Å². The number of benzene rings is 3. The van der Waals surface area contributed by atoms with E-state index in [4.69, 9.17) is 9.47 Å². The highest BCUT2D eigenvalue weighted by molar-refractivity contribution is 6.04. The van der Waals surface area contributed by atoms with Crippen molar-refractivity contribution < 1.29 is 19.2 Å². The zero-order valence-corrected chi connectivity index (χ0v) is 16.3. The summed E-state index contributed by atoms with van der Waals surface area (Å²) >= 11 is 0. The third-order valence-corrected chi connectivity index (χ3v) is 4.96. The maximum atomic E-state index is 12.5. The molecular weight excluding hydrogens is 364 g/mol. The van der Waals surface area contributed by atoms with Crippen LogP contribution in [0.3, 0.4) is 0 Å². The quantitative estimate of drug-likeness (QED) is 0.681. The molecule has 29 heavy (non-hydrogen) atoms. The fraction of sp³-hybridized carbons (Fsp3) is 0.208. The predicted molar refractivity (Wildman–Crippen MR) is 113 cm³/mol. The molecular formula is C24H25N2O3+. The van der Waals surface area contributed by atoms with E-state index < -0.39 is 0 Å². The van der Waals surface area contributed by atoms with Gasteiger partial charge in [0.15, 0.2) is 0 Å². The minimum atomic E-state index is -0.119. The molecule has 1 amide bonds. The zero-order valence-electron chi connectivity index (χ0n) is 16.3. The van der Waals surface area contributed by atoms with Gasteiger partial charge >= 0.3 is 0 Å². The summed E-state index contributed by atoms with van der Waals surface area (Å²) in [5.74, 6) is 1.39. The number of quaternary nitrogens is 1. The van der Waals surface area contributed by atoms with Crippen LogP contribution in [0.15, 0.2) is 78.9 Å². The van der Waals surface area contributed by atoms with Crippen LogP contribution in [0.5, 0.6) is 11.5 Å². The summed E-state index contributed by atoms with van der Waals surface area (Å²) < 4.78 is 11.2. The topological polar surface area (TPSA) is 52.0 Å². The van der Waals surface area contributed by atoms with Crippen LogP contribution in [0.25, 0.3) is 0 Å². The second-order valence-corrected chi connectivity index (χ2v) is 7.13. The molecule has 1 heterocycles. The summed E-state index contributed by atoms with van der Waals surface area (Å²) in [7, 11) is 0. The number of hydrogen-bond acceptors (Lipinski definition) is 3. The Morgan fingerprint density at radius 3 is 2.21 bits per heavy atom. The Morgan fingerprint density at radius 2 is 1.52 bits per heavy atom. The van der Waals surface area contributed by atoms with Crippen LogP contribution in [0.1, 0.15) is 15.9 Å². The highest BCUT2D eigenvalue weighted by Gasteiger charge is 2.14. The standard InChI is InChI=1S/C24H24N2O3/c27-24(20-8-6-19(7-9-20)18-26-14-16-28-17-15-26)25-21-10-12-23(13-11-21)29-22-4-2-1-3-5-22/h1-13H,14-18H2,(H,25,27)/p+1. The van der Waals surface area contributed by atoms with Crippen molar-refractivity contribution in [1.82, 2.24) is 0 Å². The lowest BCUT2D eigenvalue weighted by Gasteiger charge is -2.23. The van der Waals surface area contributed by atoms with Gasteiger partial charge in [-0.25, -0.2) is 0 Å². The van der Waals surface area contributed by atoms with Crippen molar-refractivity contribution in [2.75, 3.05) is 31.6 Å². The fourth-order valence-corrected chi connectivity index (χ4v) is 3.33. The summed E-state index contributed by atoms with van der Waals surface area (Å²) in [6.07, 6.45) is 0. The van der Waals surface area contributed by atoms with Crippen LogP contribution < -0.4 is 15.0 Å². The summed E-state index contributed by atoms with van der Waals surface area (Å²) in [6.45, 7) is 4.68. The minimum absolute atomic E-state index is 0.119. The highest BCUT2D eigenvalue weighted by atomic mass is 16.5. The van der Waals surface area contributed by atoms with Gasteiger partial charge in [-0.15, -0.1) is 0 Å². The first-order valence-corrected chi connectivity index (χ1v) is 9.91. The van der Waals surface area contributed by atoms with E-state index in [9.17, 15) is 4.79 Å². The van der Waals surface area contributed by atoms with Gasteiger partial charge in [-0.2, -0.15) is 0 Å². The number of carbonyl (C=O) groups excluding carboxylic acids is 1. The SMILES string of the molecule is O=C(Nc1ccc(Oc2ccccc2)cc1)c1ccc(C[NH+]2CCOCC2)cc1. The van der Waals surface area contributed by atoms with Crippen molar-refractivity contribution >= 4 is 11.6 Å². The van der Waals surface area contributed by atoms with E-state index in [0.717, 1.165) is 50.0 Å². The molecule has 2 N–H and O–H groups in total. The molecule has 0 spiro atoms. The van der Waals surface area contributed by atoms with Gasteiger partial charge < -0.3 is 19.7 Å². The number of anilines is 1. The Balaban J connectivity index is 1.32. The molecule has 0 bridgehead atoms. The molecule has 1 saturated heterocycles. The van der Waals surface area contributed by atoms with Crippen molar-refractivity contribution in [2.24, 2.45) is 0 Å². The monoisotopic (exact) mass is 389 g/mol. The molecule has 0 aromatic heterocycles. The van der Waals surface area contributed by atoms with E-state index >= 15 is 0 Å². The Hall–Kier alpha value is -3.15. The Morgan fingerprint density at radius 1 is 0.862 bits per heavy atom. The predicted octanol–water partition coefficient (Wildman–Crippen LogP) is 3.15. The van der Waals surface area contributed by atoms with Gasteiger partial charge in [0.05, 0.1) is 13.2 Å². The molecule has 1 aliphatic heterocycles. The second kappa shape index (κ2) is 9.37. The molecule has 148 valence electrons. The lowest BCUT2D eigenvalue weighted by Crippen LogP contribution is -3.12. The van der Waals surface area contributed by atoms with Crippen molar-refractivity contribution in [2.45, 2.75) is 6.54 Å². The van der Waals surface area contributed by atoms with E-state index in [2.05, 4.69) is 5.32 Å². The van der Waals surface area contributed by atoms with Gasteiger partial charge in [0.25, 0.3) is 5.91 Å². The maximum Gasteiger partial charge on any atom is 0.255 e. The fourth-order valence-electron chi connectivity index (χ4n) is 3.33. The van der Waals surface area contributed by atoms with Crippen molar-refractivity contribution in [3.05, 3.63) is 90.0 Å². The molecule has 3 aromatic rings. The first kappa shape index (κ1) is 19.2. The van der Waals surface area contributed by atoms with Crippen LogP contribution >= 0.6 is 0 Å². The number of rotatable bonds is 6. The molecule has 1 aliphatic rings. The summed E-state index contributed by atoms with van der Waals surface area (Å²) in [5, 5.41) is 2.93. The van der Waals surface area contributed by atoms with Crippen LogP contribution in [-0.4, -0.2) is 32.2 Å². The normalized spacial score (nSPS) is 14.3. The molecule has 0 atom stereocenters. The summed E-state index contributed by atoms with van der Waals surface area (Å²) in [5.41, 5.74) is 2.62. The minimum Gasteiger partial charge on any atom is -0.457 e. The molecule has 5 nitrogen and oxygen atoms in total. The molecule has 5 heteroatoms. The molecule has 3 aromatic carbocycles. The van der Waals surface area contributed by atoms with Gasteiger partial charge in [0.1, 0.15) is 31.1 Å². The Kier molecular flexibility index (Phi) is 6.19. The zero-order chi connectivity index (χ0) is 19.9. The number of carbonyl (C=O) groups is 1. The third-order valence-electron chi connectivity index (χ3n) is 4.96. The first-order chi connectivity index (χ1) is 14.3. The van der Waals surface area contributed by atoms with Crippen LogP contribution in [0, 0.1) is 0 Å². The van der Waals surface area contributed by atoms with Gasteiger partial charge in [-0.1, -0.05) is 30.3 Å². The molecule has 0 saturated carbocycles. The van der Waals surface area contributed by atoms with Gasteiger partial charge in [-0.05, 0) is 48.5 Å². The Bertz CT molecular complexity index is 919.